The van der Waals surface area contributed by atoms with Crippen LogP contribution in [0.4, 0.5) is 5.69 Å². The van der Waals surface area contributed by atoms with E-state index in [0.29, 0.717) is 5.69 Å². The van der Waals surface area contributed by atoms with E-state index in [9.17, 15) is 9.59 Å². The molecule has 146 valence electrons. The summed E-state index contributed by atoms with van der Waals surface area (Å²) in [5.41, 5.74) is 1.93. The SMILES string of the molecule is CCCCc1ccc(NC(=O)COC(=O)CSc2ncnc3sccc23)cc1. The predicted molar refractivity (Wildman–Crippen MR) is 113 cm³/mol. The van der Waals surface area contributed by atoms with Gasteiger partial charge in [0.05, 0.1) is 5.75 Å². The quantitative estimate of drug-likeness (QED) is 0.319. The van der Waals surface area contributed by atoms with Crippen LogP contribution in [-0.4, -0.2) is 34.2 Å². The molecule has 0 radical (unpaired) electrons. The number of fused-ring (bicyclic) bond motifs is 1. The minimum Gasteiger partial charge on any atom is -0.455 e. The third kappa shape index (κ3) is 5.77. The molecule has 3 aromatic rings. The molecule has 1 N–H and O–H groups in total. The van der Waals surface area contributed by atoms with Crippen LogP contribution in [0.5, 0.6) is 0 Å². The Morgan fingerprint density at radius 3 is 2.79 bits per heavy atom. The van der Waals surface area contributed by atoms with Crippen molar-refractivity contribution in [1.82, 2.24) is 9.97 Å². The fourth-order valence-corrected chi connectivity index (χ4v) is 4.11. The zero-order chi connectivity index (χ0) is 19.8. The first-order valence-corrected chi connectivity index (χ1v) is 10.9. The molecule has 0 atom stereocenters. The molecule has 6 nitrogen and oxygen atoms in total. The van der Waals surface area contributed by atoms with E-state index in [1.807, 2.05) is 35.7 Å². The summed E-state index contributed by atoms with van der Waals surface area (Å²) in [5.74, 6) is -0.736. The van der Waals surface area contributed by atoms with E-state index in [1.54, 1.807) is 0 Å². The molecule has 0 aliphatic carbocycles. The Labute approximate surface area is 171 Å². The van der Waals surface area contributed by atoms with Gasteiger partial charge in [0.2, 0.25) is 0 Å². The molecule has 2 aromatic heterocycles. The first-order valence-electron chi connectivity index (χ1n) is 9.01. The highest BCUT2D eigenvalue weighted by Crippen LogP contribution is 2.27. The van der Waals surface area contributed by atoms with E-state index in [2.05, 4.69) is 22.2 Å². The van der Waals surface area contributed by atoms with Crippen LogP contribution < -0.4 is 5.32 Å². The van der Waals surface area contributed by atoms with Gasteiger partial charge in [-0.1, -0.05) is 37.2 Å². The van der Waals surface area contributed by atoms with Gasteiger partial charge in [-0.3, -0.25) is 9.59 Å². The van der Waals surface area contributed by atoms with Crippen LogP contribution in [-0.2, 0) is 20.7 Å². The molecule has 0 unspecified atom stereocenters. The van der Waals surface area contributed by atoms with Crippen LogP contribution >= 0.6 is 23.1 Å². The number of thiophene rings is 1. The number of unbranched alkanes of at least 4 members (excludes halogenated alkanes) is 1. The van der Waals surface area contributed by atoms with Crippen molar-refractivity contribution in [2.24, 2.45) is 0 Å². The number of ether oxygens (including phenoxy) is 1. The van der Waals surface area contributed by atoms with Crippen molar-refractivity contribution in [2.45, 2.75) is 31.2 Å². The number of anilines is 1. The number of hydrogen-bond donors (Lipinski definition) is 1. The first kappa shape index (κ1) is 20.3. The Balaban J connectivity index is 1.41. The van der Waals surface area contributed by atoms with Gasteiger partial charge >= 0.3 is 5.97 Å². The molecule has 1 amide bonds. The fraction of sp³-hybridized carbons (Fsp3) is 0.300. The van der Waals surface area contributed by atoms with Crippen molar-refractivity contribution in [3.05, 3.63) is 47.6 Å². The monoisotopic (exact) mass is 415 g/mol. The highest BCUT2D eigenvalue weighted by Gasteiger charge is 2.11. The highest BCUT2D eigenvalue weighted by molar-refractivity contribution is 8.00. The normalized spacial score (nSPS) is 10.8. The van der Waals surface area contributed by atoms with Crippen molar-refractivity contribution < 1.29 is 14.3 Å². The Kier molecular flexibility index (Phi) is 7.39. The maximum absolute atomic E-state index is 12.0. The minimum absolute atomic E-state index is 0.0847. The number of benzene rings is 1. The summed E-state index contributed by atoms with van der Waals surface area (Å²) in [6, 6.07) is 9.65. The number of thioether (sulfide) groups is 1. The molecule has 0 saturated carbocycles. The number of nitrogens with zero attached hydrogens (tertiary/aromatic N) is 2. The summed E-state index contributed by atoms with van der Waals surface area (Å²) >= 11 is 2.80. The molecule has 0 spiro atoms. The number of rotatable bonds is 9. The third-order valence-electron chi connectivity index (χ3n) is 3.97. The number of carbonyl (C=O) groups excluding carboxylic acids is 2. The lowest BCUT2D eigenvalue weighted by Crippen LogP contribution is -2.21. The second kappa shape index (κ2) is 10.2. The average Bonchev–Trinajstić information content (AvgIpc) is 3.19. The second-order valence-electron chi connectivity index (χ2n) is 6.12. The molecule has 0 aliphatic heterocycles. The third-order valence-corrected chi connectivity index (χ3v) is 5.77. The lowest BCUT2D eigenvalue weighted by Gasteiger charge is -2.07. The van der Waals surface area contributed by atoms with Crippen LogP contribution in [0.2, 0.25) is 0 Å². The number of carbonyl (C=O) groups is 2. The molecule has 0 fully saturated rings. The zero-order valence-electron chi connectivity index (χ0n) is 15.5. The van der Waals surface area contributed by atoms with Crippen LogP contribution in [0.25, 0.3) is 10.2 Å². The number of amides is 1. The number of esters is 1. The maximum atomic E-state index is 12.0. The van der Waals surface area contributed by atoms with Crippen LogP contribution in [0.1, 0.15) is 25.3 Å². The number of nitrogens with one attached hydrogen (secondary N) is 1. The van der Waals surface area contributed by atoms with Gasteiger partial charge in [-0.2, -0.15) is 0 Å². The van der Waals surface area contributed by atoms with Crippen molar-refractivity contribution in [1.29, 1.82) is 0 Å². The van der Waals surface area contributed by atoms with Crippen molar-refractivity contribution in [3.63, 3.8) is 0 Å². The van der Waals surface area contributed by atoms with Gasteiger partial charge in [-0.15, -0.1) is 11.3 Å². The van der Waals surface area contributed by atoms with Gasteiger partial charge in [0.25, 0.3) is 5.91 Å². The van der Waals surface area contributed by atoms with Gasteiger partial charge in [-0.05, 0) is 42.0 Å². The van der Waals surface area contributed by atoms with Crippen LogP contribution in [0.3, 0.4) is 0 Å². The Morgan fingerprint density at radius 2 is 2.00 bits per heavy atom. The molecule has 2 heterocycles. The molecule has 0 saturated heterocycles. The minimum atomic E-state index is -0.461. The topological polar surface area (TPSA) is 81.2 Å². The molecule has 0 bridgehead atoms. The molecule has 1 aromatic carbocycles. The highest BCUT2D eigenvalue weighted by atomic mass is 32.2. The lowest BCUT2D eigenvalue weighted by molar-refractivity contribution is -0.144. The fourth-order valence-electron chi connectivity index (χ4n) is 2.53. The number of aryl methyl sites for hydroxylation is 1. The van der Waals surface area contributed by atoms with E-state index in [4.69, 9.17) is 4.74 Å². The Hall–Kier alpha value is -2.45. The van der Waals surface area contributed by atoms with Gasteiger partial charge in [0, 0.05) is 11.1 Å². The standard InChI is InChI=1S/C20H21N3O3S2/c1-2-3-4-14-5-7-15(8-6-14)23-17(24)11-26-18(25)12-28-20-16-9-10-27-19(16)21-13-22-20/h5-10,13H,2-4,11-12H2,1H3,(H,23,24). The Morgan fingerprint density at radius 1 is 1.18 bits per heavy atom. The van der Waals surface area contributed by atoms with Gasteiger partial charge in [0.15, 0.2) is 6.61 Å². The molecule has 28 heavy (non-hydrogen) atoms. The summed E-state index contributed by atoms with van der Waals surface area (Å²) in [6.45, 7) is 1.85. The van der Waals surface area contributed by atoms with Crippen molar-refractivity contribution >= 4 is 50.9 Å². The molecule has 8 heteroatoms. The summed E-state index contributed by atoms with van der Waals surface area (Å²) in [6.07, 6.45) is 4.81. The summed E-state index contributed by atoms with van der Waals surface area (Å²) in [4.78, 5) is 33.2. The second-order valence-corrected chi connectivity index (χ2v) is 7.97. The van der Waals surface area contributed by atoms with E-state index in [-0.39, 0.29) is 18.3 Å². The van der Waals surface area contributed by atoms with Crippen molar-refractivity contribution in [2.75, 3.05) is 17.7 Å². The first-order chi connectivity index (χ1) is 13.7. The molecular formula is C20H21N3O3S2. The average molecular weight is 416 g/mol. The van der Waals surface area contributed by atoms with Crippen LogP contribution in [0.15, 0.2) is 47.1 Å². The lowest BCUT2D eigenvalue weighted by atomic mass is 10.1. The molecular weight excluding hydrogens is 394 g/mol. The van der Waals surface area contributed by atoms with Gasteiger partial charge < -0.3 is 10.1 Å². The van der Waals surface area contributed by atoms with E-state index < -0.39 is 5.97 Å². The van der Waals surface area contributed by atoms with Crippen LogP contribution in [0, 0.1) is 0 Å². The summed E-state index contributed by atoms with van der Waals surface area (Å²) in [5, 5.41) is 6.32. The number of aromatic nitrogens is 2. The van der Waals surface area contributed by atoms with E-state index in [0.717, 1.165) is 34.5 Å². The van der Waals surface area contributed by atoms with E-state index in [1.165, 1.54) is 35.0 Å². The smallest absolute Gasteiger partial charge is 0.316 e. The van der Waals surface area contributed by atoms with E-state index >= 15 is 0 Å². The predicted octanol–water partition coefficient (Wildman–Crippen LogP) is 4.31. The number of hydrogen-bond acceptors (Lipinski definition) is 7. The van der Waals surface area contributed by atoms with Crippen molar-refractivity contribution in [3.8, 4) is 0 Å². The maximum Gasteiger partial charge on any atom is 0.316 e. The summed E-state index contributed by atoms with van der Waals surface area (Å²) in [7, 11) is 0. The zero-order valence-corrected chi connectivity index (χ0v) is 17.1. The molecule has 3 rings (SSSR count). The Bertz CT molecular complexity index is 941. The summed E-state index contributed by atoms with van der Waals surface area (Å²) < 4.78 is 5.06. The van der Waals surface area contributed by atoms with Gasteiger partial charge in [-0.25, -0.2) is 9.97 Å². The molecule has 0 aliphatic rings. The van der Waals surface area contributed by atoms with Gasteiger partial charge in [0.1, 0.15) is 16.2 Å². The largest absolute Gasteiger partial charge is 0.455 e.